The number of urea groups is 1. The van der Waals surface area contributed by atoms with Gasteiger partial charge in [-0.05, 0) is 31.1 Å². The largest absolute Gasteiger partial charge is 0.480 e. The van der Waals surface area contributed by atoms with E-state index in [2.05, 4.69) is 10.1 Å². The van der Waals surface area contributed by atoms with E-state index >= 15 is 0 Å². The van der Waals surface area contributed by atoms with Crippen LogP contribution in [0.4, 0.5) is 4.79 Å². The number of amides is 2. The van der Waals surface area contributed by atoms with Gasteiger partial charge in [0, 0.05) is 19.5 Å². The molecule has 1 saturated heterocycles. The number of hydrogen-bond acceptors (Lipinski definition) is 4. The van der Waals surface area contributed by atoms with E-state index in [0.29, 0.717) is 24.9 Å². The predicted molar refractivity (Wildman–Crippen MR) is 73.6 cm³/mol. The second-order valence-electron chi connectivity index (χ2n) is 5.81. The summed E-state index contributed by atoms with van der Waals surface area (Å²) in [5, 5.41) is 11.6. The van der Waals surface area contributed by atoms with Gasteiger partial charge < -0.3 is 20.1 Å². The Labute approximate surface area is 123 Å². The van der Waals surface area contributed by atoms with Crippen LogP contribution in [-0.2, 0) is 14.3 Å². The number of nitrogens with zero attached hydrogens (tertiary/aromatic N) is 1. The SMILES string of the molecule is COC(=O)CC[C@H](NC(=O)N1CC2CCCC2C1)C(=O)O. The summed E-state index contributed by atoms with van der Waals surface area (Å²) in [5.41, 5.74) is 0. The van der Waals surface area contributed by atoms with Crippen molar-refractivity contribution in [1.29, 1.82) is 0 Å². The van der Waals surface area contributed by atoms with Gasteiger partial charge in [-0.3, -0.25) is 4.79 Å². The number of carbonyl (C=O) groups is 3. The number of carboxylic acids is 1. The molecule has 1 saturated carbocycles. The van der Waals surface area contributed by atoms with Crippen LogP contribution in [0.2, 0.25) is 0 Å². The molecule has 2 N–H and O–H groups in total. The summed E-state index contributed by atoms with van der Waals surface area (Å²) < 4.78 is 4.48. The second-order valence-corrected chi connectivity index (χ2v) is 5.81. The number of rotatable bonds is 5. The highest BCUT2D eigenvalue weighted by Gasteiger charge is 2.38. The van der Waals surface area contributed by atoms with E-state index < -0.39 is 18.0 Å². The molecule has 2 fully saturated rings. The quantitative estimate of drug-likeness (QED) is 0.733. The molecule has 2 aliphatic rings. The molecule has 7 heteroatoms. The van der Waals surface area contributed by atoms with Crippen molar-refractivity contribution in [3.63, 3.8) is 0 Å². The molecule has 0 aromatic carbocycles. The number of hydrogen-bond donors (Lipinski definition) is 2. The Morgan fingerprint density at radius 2 is 1.90 bits per heavy atom. The summed E-state index contributed by atoms with van der Waals surface area (Å²) in [6.07, 6.45) is 3.54. The molecule has 1 heterocycles. The fourth-order valence-electron chi connectivity index (χ4n) is 3.26. The molecule has 1 aliphatic heterocycles. The van der Waals surface area contributed by atoms with Gasteiger partial charge in [-0.1, -0.05) is 6.42 Å². The third-order valence-electron chi connectivity index (χ3n) is 4.47. The van der Waals surface area contributed by atoms with Crippen LogP contribution in [0.5, 0.6) is 0 Å². The van der Waals surface area contributed by atoms with Crippen LogP contribution in [0, 0.1) is 11.8 Å². The van der Waals surface area contributed by atoms with Gasteiger partial charge >= 0.3 is 18.0 Å². The standard InChI is InChI=1S/C14H22N2O5/c1-21-12(17)6-5-11(13(18)19)15-14(20)16-7-9-3-2-4-10(9)8-16/h9-11H,2-8H2,1H3,(H,15,20)(H,18,19)/t9?,10?,11-/m0/s1. The topological polar surface area (TPSA) is 95.9 Å². The Bertz CT molecular complexity index is 414. The summed E-state index contributed by atoms with van der Waals surface area (Å²) >= 11 is 0. The number of carbonyl (C=O) groups excluding carboxylic acids is 2. The van der Waals surface area contributed by atoms with Crippen molar-refractivity contribution in [3.05, 3.63) is 0 Å². The number of nitrogens with one attached hydrogen (secondary N) is 1. The number of carboxylic acid groups (broad SMARTS) is 1. The Morgan fingerprint density at radius 1 is 1.29 bits per heavy atom. The molecule has 2 unspecified atom stereocenters. The van der Waals surface area contributed by atoms with E-state index in [4.69, 9.17) is 5.11 Å². The molecule has 7 nitrogen and oxygen atoms in total. The molecular formula is C14H22N2O5. The first kappa shape index (κ1) is 15.6. The van der Waals surface area contributed by atoms with Gasteiger partial charge in [-0.15, -0.1) is 0 Å². The average molecular weight is 298 g/mol. The molecule has 0 aromatic heterocycles. The van der Waals surface area contributed by atoms with Gasteiger partial charge in [-0.25, -0.2) is 9.59 Å². The fourth-order valence-corrected chi connectivity index (χ4v) is 3.26. The van der Waals surface area contributed by atoms with Crippen LogP contribution in [0.25, 0.3) is 0 Å². The summed E-state index contributed by atoms with van der Waals surface area (Å²) in [4.78, 5) is 36.1. The van der Waals surface area contributed by atoms with Gasteiger partial charge in [0.25, 0.3) is 0 Å². The van der Waals surface area contributed by atoms with Crippen LogP contribution in [0.3, 0.4) is 0 Å². The summed E-state index contributed by atoms with van der Waals surface area (Å²) in [6.45, 7) is 1.42. The predicted octanol–water partition coefficient (Wildman–Crippen LogP) is 0.834. The van der Waals surface area contributed by atoms with Crippen molar-refractivity contribution in [3.8, 4) is 0 Å². The highest BCUT2D eigenvalue weighted by molar-refractivity contribution is 5.83. The average Bonchev–Trinajstić information content (AvgIpc) is 3.03. The van der Waals surface area contributed by atoms with Crippen molar-refractivity contribution in [2.24, 2.45) is 11.8 Å². The molecule has 0 radical (unpaired) electrons. The minimum atomic E-state index is -1.13. The van der Waals surface area contributed by atoms with Crippen LogP contribution < -0.4 is 5.32 Å². The van der Waals surface area contributed by atoms with Crippen LogP contribution in [0.1, 0.15) is 32.1 Å². The smallest absolute Gasteiger partial charge is 0.326 e. The van der Waals surface area contributed by atoms with E-state index in [1.165, 1.54) is 13.5 Å². The molecule has 2 amide bonds. The maximum Gasteiger partial charge on any atom is 0.326 e. The normalized spacial score (nSPS) is 25.3. The van der Waals surface area contributed by atoms with Gasteiger partial charge in [0.05, 0.1) is 7.11 Å². The van der Waals surface area contributed by atoms with E-state index in [0.717, 1.165) is 12.8 Å². The van der Waals surface area contributed by atoms with Gasteiger partial charge in [0.2, 0.25) is 0 Å². The zero-order valence-corrected chi connectivity index (χ0v) is 12.2. The third-order valence-corrected chi connectivity index (χ3v) is 4.47. The van der Waals surface area contributed by atoms with Crippen molar-refractivity contribution >= 4 is 18.0 Å². The van der Waals surface area contributed by atoms with E-state index in [1.807, 2.05) is 0 Å². The first-order valence-corrected chi connectivity index (χ1v) is 7.36. The number of aliphatic carboxylic acids is 1. The van der Waals surface area contributed by atoms with Crippen LogP contribution in [-0.4, -0.2) is 54.2 Å². The van der Waals surface area contributed by atoms with Gasteiger partial charge in [0.15, 0.2) is 0 Å². The van der Waals surface area contributed by atoms with Crippen LogP contribution >= 0.6 is 0 Å². The van der Waals surface area contributed by atoms with Crippen LogP contribution in [0.15, 0.2) is 0 Å². The van der Waals surface area contributed by atoms with Gasteiger partial charge in [-0.2, -0.15) is 0 Å². The van der Waals surface area contributed by atoms with Crippen molar-refractivity contribution < 1.29 is 24.2 Å². The zero-order valence-electron chi connectivity index (χ0n) is 12.2. The number of ether oxygens (including phenoxy) is 1. The second kappa shape index (κ2) is 6.78. The Hall–Kier alpha value is -1.79. The molecular weight excluding hydrogens is 276 g/mol. The Morgan fingerprint density at radius 3 is 2.43 bits per heavy atom. The lowest BCUT2D eigenvalue weighted by atomic mass is 10.0. The number of likely N-dealkylation sites (tertiary alicyclic amines) is 1. The highest BCUT2D eigenvalue weighted by atomic mass is 16.5. The van der Waals surface area contributed by atoms with E-state index in [-0.39, 0.29) is 18.9 Å². The molecule has 0 bridgehead atoms. The maximum absolute atomic E-state index is 12.1. The highest BCUT2D eigenvalue weighted by Crippen LogP contribution is 2.37. The lowest BCUT2D eigenvalue weighted by molar-refractivity contribution is -0.142. The Balaban J connectivity index is 1.83. The lowest BCUT2D eigenvalue weighted by Crippen LogP contribution is -2.47. The molecule has 2 rings (SSSR count). The first-order valence-electron chi connectivity index (χ1n) is 7.36. The van der Waals surface area contributed by atoms with Gasteiger partial charge in [0.1, 0.15) is 6.04 Å². The van der Waals surface area contributed by atoms with Crippen molar-refractivity contribution in [2.45, 2.75) is 38.1 Å². The molecule has 118 valence electrons. The van der Waals surface area contributed by atoms with Crippen molar-refractivity contribution in [1.82, 2.24) is 10.2 Å². The Kier molecular flexibility index (Phi) is 5.03. The molecule has 0 spiro atoms. The van der Waals surface area contributed by atoms with E-state index in [1.54, 1.807) is 4.90 Å². The summed E-state index contributed by atoms with van der Waals surface area (Å²) in [6, 6.07) is -1.40. The summed E-state index contributed by atoms with van der Waals surface area (Å²) in [7, 11) is 1.25. The monoisotopic (exact) mass is 298 g/mol. The van der Waals surface area contributed by atoms with Crippen molar-refractivity contribution in [2.75, 3.05) is 20.2 Å². The first-order chi connectivity index (χ1) is 10.0. The van der Waals surface area contributed by atoms with E-state index in [9.17, 15) is 14.4 Å². The summed E-state index contributed by atoms with van der Waals surface area (Å²) in [5.74, 6) is -0.485. The fraction of sp³-hybridized carbons (Fsp3) is 0.786. The molecule has 0 aromatic rings. The molecule has 3 atom stereocenters. The molecule has 1 aliphatic carbocycles. The molecule has 21 heavy (non-hydrogen) atoms. The lowest BCUT2D eigenvalue weighted by Gasteiger charge is -2.21. The third kappa shape index (κ3) is 3.86. The minimum absolute atomic E-state index is 0.0288. The minimum Gasteiger partial charge on any atom is -0.480 e. The number of esters is 1. The number of methoxy groups -OCH3 is 1. The zero-order chi connectivity index (χ0) is 15.4. The maximum atomic E-state index is 12.1. The number of fused-ring (bicyclic) bond motifs is 1.